The number of nitrogens with zero attached hydrogens (tertiary/aromatic N) is 5. The van der Waals surface area contributed by atoms with Crippen molar-refractivity contribution >= 4 is 22.9 Å². The van der Waals surface area contributed by atoms with Crippen LogP contribution >= 0.6 is 0 Å². The molecule has 1 unspecified atom stereocenters. The summed E-state index contributed by atoms with van der Waals surface area (Å²) in [6.07, 6.45) is 6.97. The van der Waals surface area contributed by atoms with E-state index in [1.807, 2.05) is 17.3 Å². The Balaban J connectivity index is 1.37. The molecule has 7 nitrogen and oxygen atoms in total. The van der Waals surface area contributed by atoms with Crippen LogP contribution in [0.4, 0.5) is 5.95 Å². The van der Waals surface area contributed by atoms with E-state index in [1.54, 1.807) is 0 Å². The van der Waals surface area contributed by atoms with Gasteiger partial charge in [-0.2, -0.15) is 0 Å². The average Bonchev–Trinajstić information content (AvgIpc) is 3.23. The topological polar surface area (TPSA) is 75.9 Å². The van der Waals surface area contributed by atoms with Gasteiger partial charge >= 0.3 is 0 Å². The maximum Gasteiger partial charge on any atom is 0.239 e. The number of carbonyl (C=O) groups excluding carboxylic acids is 1. The predicted octanol–water partition coefficient (Wildman–Crippen LogP) is 3.36. The van der Waals surface area contributed by atoms with Crippen molar-refractivity contribution in [2.45, 2.75) is 25.3 Å². The molecule has 2 aromatic carbocycles. The molecule has 0 spiro atoms. The van der Waals surface area contributed by atoms with Crippen molar-refractivity contribution in [2.75, 3.05) is 24.5 Å². The summed E-state index contributed by atoms with van der Waals surface area (Å²) in [5.74, 6) is 1.76. The van der Waals surface area contributed by atoms with Gasteiger partial charge in [0.05, 0.1) is 23.6 Å². The van der Waals surface area contributed by atoms with Crippen LogP contribution in [0.15, 0.2) is 60.9 Å². The maximum absolute atomic E-state index is 11.7. The van der Waals surface area contributed by atoms with Crippen molar-refractivity contribution < 1.29 is 4.79 Å². The molecule has 0 radical (unpaired) electrons. The number of amides is 1. The molecule has 32 heavy (non-hydrogen) atoms. The van der Waals surface area contributed by atoms with E-state index >= 15 is 0 Å². The van der Waals surface area contributed by atoms with E-state index in [0.717, 1.165) is 53.8 Å². The quantitative estimate of drug-likeness (QED) is 0.546. The number of benzene rings is 2. The van der Waals surface area contributed by atoms with Gasteiger partial charge in [-0.15, -0.1) is 0 Å². The summed E-state index contributed by atoms with van der Waals surface area (Å²) in [4.78, 5) is 27.6. The molecule has 4 aromatic rings. The standard InChI is InChI=1S/C25H24N6O/c32-24-16-30(12-11-26-24)25-27-14-19(15-28-25)18-9-10-20-22(13-18)31-21(7-4-8-23(31)29-20)17-5-2-1-3-6-17/h1-3,5-6,9-10,13-15,21H,4,7-8,11-12,16H2,(H,26,32). The van der Waals surface area contributed by atoms with Gasteiger partial charge in [0.1, 0.15) is 5.82 Å². The van der Waals surface area contributed by atoms with Crippen LogP contribution in [0.5, 0.6) is 0 Å². The molecule has 0 bridgehead atoms. The first-order chi connectivity index (χ1) is 15.8. The number of fused-ring (bicyclic) bond motifs is 3. The second kappa shape index (κ2) is 7.75. The first kappa shape index (κ1) is 19.0. The molecule has 1 fully saturated rings. The lowest BCUT2D eigenvalue weighted by Gasteiger charge is -2.26. The van der Waals surface area contributed by atoms with Crippen LogP contribution in [0.25, 0.3) is 22.2 Å². The minimum Gasteiger partial charge on any atom is -0.353 e. The third-order valence-electron chi connectivity index (χ3n) is 6.43. The Bertz CT molecular complexity index is 1280. The molecular formula is C25H24N6O. The normalized spacial score (nSPS) is 18.4. The van der Waals surface area contributed by atoms with Gasteiger partial charge in [0.2, 0.25) is 11.9 Å². The molecule has 160 valence electrons. The molecule has 1 amide bonds. The van der Waals surface area contributed by atoms with E-state index in [9.17, 15) is 4.79 Å². The SMILES string of the molecule is O=C1CN(c2ncc(-c3ccc4nc5n(c4c3)C(c3ccccc3)CCC5)cn2)CCN1. The van der Waals surface area contributed by atoms with Crippen molar-refractivity contribution in [1.29, 1.82) is 0 Å². The fraction of sp³-hybridized carbons (Fsp3) is 0.280. The van der Waals surface area contributed by atoms with Crippen LogP contribution in [0.2, 0.25) is 0 Å². The fourth-order valence-corrected chi connectivity index (χ4v) is 4.86. The van der Waals surface area contributed by atoms with Crippen molar-refractivity contribution in [3.05, 3.63) is 72.3 Å². The van der Waals surface area contributed by atoms with Gasteiger partial charge in [-0.3, -0.25) is 4.79 Å². The fourth-order valence-electron chi connectivity index (χ4n) is 4.86. The highest BCUT2D eigenvalue weighted by molar-refractivity contribution is 5.83. The number of piperazine rings is 1. The Morgan fingerprint density at radius 2 is 1.84 bits per heavy atom. The first-order valence-corrected chi connectivity index (χ1v) is 11.2. The Morgan fingerprint density at radius 1 is 1.00 bits per heavy atom. The first-order valence-electron chi connectivity index (χ1n) is 11.2. The second-order valence-electron chi connectivity index (χ2n) is 8.46. The van der Waals surface area contributed by atoms with Crippen molar-refractivity contribution in [2.24, 2.45) is 0 Å². The van der Waals surface area contributed by atoms with Gasteiger partial charge in [-0.1, -0.05) is 36.4 Å². The van der Waals surface area contributed by atoms with E-state index < -0.39 is 0 Å². The zero-order valence-corrected chi connectivity index (χ0v) is 17.7. The van der Waals surface area contributed by atoms with Crippen molar-refractivity contribution in [1.82, 2.24) is 24.8 Å². The number of hydrogen-bond acceptors (Lipinski definition) is 5. The van der Waals surface area contributed by atoms with Crippen LogP contribution < -0.4 is 10.2 Å². The molecule has 4 heterocycles. The third-order valence-corrected chi connectivity index (χ3v) is 6.43. The van der Waals surface area contributed by atoms with E-state index in [4.69, 9.17) is 4.98 Å². The number of aryl methyl sites for hydroxylation is 1. The Hall–Kier alpha value is -3.74. The number of rotatable bonds is 3. The lowest BCUT2D eigenvalue weighted by molar-refractivity contribution is -0.120. The Kier molecular flexibility index (Phi) is 4.60. The molecule has 1 atom stereocenters. The molecular weight excluding hydrogens is 400 g/mol. The predicted molar refractivity (Wildman–Crippen MR) is 124 cm³/mol. The molecule has 1 N–H and O–H groups in total. The molecule has 6 rings (SSSR count). The van der Waals surface area contributed by atoms with Crippen LogP contribution in [0.1, 0.15) is 30.3 Å². The highest BCUT2D eigenvalue weighted by atomic mass is 16.2. The number of nitrogens with one attached hydrogen (secondary N) is 1. The van der Waals surface area contributed by atoms with Gasteiger partial charge < -0.3 is 14.8 Å². The summed E-state index contributed by atoms with van der Waals surface area (Å²) in [6, 6.07) is 17.4. The van der Waals surface area contributed by atoms with Gasteiger partial charge in [0, 0.05) is 37.5 Å². The summed E-state index contributed by atoms with van der Waals surface area (Å²) in [7, 11) is 0. The minimum absolute atomic E-state index is 0.00727. The molecule has 0 aliphatic carbocycles. The number of hydrogen-bond donors (Lipinski definition) is 1. The molecule has 2 aliphatic rings. The van der Waals surface area contributed by atoms with Crippen LogP contribution in [0, 0.1) is 0 Å². The lowest BCUT2D eigenvalue weighted by Crippen LogP contribution is -2.48. The Morgan fingerprint density at radius 3 is 2.66 bits per heavy atom. The smallest absolute Gasteiger partial charge is 0.239 e. The summed E-state index contributed by atoms with van der Waals surface area (Å²) < 4.78 is 2.42. The summed E-state index contributed by atoms with van der Waals surface area (Å²) >= 11 is 0. The third kappa shape index (κ3) is 3.30. The van der Waals surface area contributed by atoms with E-state index in [-0.39, 0.29) is 5.91 Å². The number of imidazole rings is 1. The molecule has 7 heteroatoms. The maximum atomic E-state index is 11.7. The molecule has 0 saturated carbocycles. The van der Waals surface area contributed by atoms with Gasteiger partial charge in [-0.05, 0) is 36.1 Å². The van der Waals surface area contributed by atoms with Crippen molar-refractivity contribution in [3.63, 3.8) is 0 Å². The highest BCUT2D eigenvalue weighted by Gasteiger charge is 2.25. The molecule has 2 aromatic heterocycles. The second-order valence-corrected chi connectivity index (χ2v) is 8.46. The minimum atomic E-state index is 0.00727. The molecule has 2 aliphatic heterocycles. The zero-order valence-electron chi connectivity index (χ0n) is 17.7. The summed E-state index contributed by atoms with van der Waals surface area (Å²) in [5.41, 5.74) is 5.54. The van der Waals surface area contributed by atoms with Gasteiger partial charge in [0.15, 0.2) is 0 Å². The number of aromatic nitrogens is 4. The van der Waals surface area contributed by atoms with Crippen molar-refractivity contribution in [3.8, 4) is 11.1 Å². The van der Waals surface area contributed by atoms with E-state index in [0.29, 0.717) is 25.1 Å². The highest BCUT2D eigenvalue weighted by Crippen LogP contribution is 2.35. The monoisotopic (exact) mass is 424 g/mol. The largest absolute Gasteiger partial charge is 0.353 e. The molecule has 1 saturated heterocycles. The van der Waals surface area contributed by atoms with Crippen LogP contribution in [-0.2, 0) is 11.2 Å². The Labute approximate surface area is 186 Å². The van der Waals surface area contributed by atoms with Gasteiger partial charge in [-0.25, -0.2) is 15.0 Å². The summed E-state index contributed by atoms with van der Waals surface area (Å²) in [5, 5.41) is 2.83. The zero-order chi connectivity index (χ0) is 21.5. The van der Waals surface area contributed by atoms with E-state index in [2.05, 4.69) is 68.4 Å². The van der Waals surface area contributed by atoms with Gasteiger partial charge in [0.25, 0.3) is 0 Å². The van der Waals surface area contributed by atoms with E-state index in [1.165, 1.54) is 5.56 Å². The number of anilines is 1. The lowest BCUT2D eigenvalue weighted by atomic mass is 9.97. The van der Waals surface area contributed by atoms with Crippen LogP contribution in [-0.4, -0.2) is 45.1 Å². The summed E-state index contributed by atoms with van der Waals surface area (Å²) in [6.45, 7) is 1.64. The van der Waals surface area contributed by atoms with Crippen LogP contribution in [0.3, 0.4) is 0 Å². The number of carbonyl (C=O) groups is 1. The average molecular weight is 425 g/mol.